The average molecular weight is 459 g/mol. The first kappa shape index (κ1) is 19.0. The smallest absolute Gasteiger partial charge is 0.274 e. The highest BCUT2D eigenvalue weighted by molar-refractivity contribution is 9.10. The van der Waals surface area contributed by atoms with Crippen LogP contribution in [0.4, 0.5) is 0 Å². The van der Waals surface area contributed by atoms with Gasteiger partial charge in [0, 0.05) is 4.47 Å². The number of para-hydroxylation sites is 2. The molecular weight excluding hydrogens is 440 g/mol. The lowest BCUT2D eigenvalue weighted by Crippen LogP contribution is -2.22. The summed E-state index contributed by atoms with van der Waals surface area (Å²) in [5.74, 6) is 1.33. The van der Waals surface area contributed by atoms with Crippen LogP contribution < -0.4 is 19.6 Å². The van der Waals surface area contributed by atoms with E-state index in [9.17, 15) is 4.79 Å². The molecule has 0 atom stereocenters. The molecule has 0 aliphatic heterocycles. The number of nitrogens with zero attached hydrogens (tertiary/aromatic N) is 2. The Morgan fingerprint density at radius 3 is 2.79 bits per heavy atom. The molecule has 144 valence electrons. The summed E-state index contributed by atoms with van der Waals surface area (Å²) in [5, 5.41) is 0. The van der Waals surface area contributed by atoms with Gasteiger partial charge in [-0.2, -0.15) is 0 Å². The summed E-state index contributed by atoms with van der Waals surface area (Å²) in [6, 6.07) is 11.4. The van der Waals surface area contributed by atoms with Crippen molar-refractivity contribution in [3.63, 3.8) is 0 Å². The van der Waals surface area contributed by atoms with E-state index in [2.05, 4.69) is 20.9 Å². The van der Waals surface area contributed by atoms with E-state index in [-0.39, 0.29) is 11.7 Å². The van der Waals surface area contributed by atoms with Gasteiger partial charge in [0.15, 0.2) is 16.5 Å². The number of thiazole rings is 1. The number of halogens is 1. The van der Waals surface area contributed by atoms with Gasteiger partial charge in [-0.25, -0.2) is 9.38 Å². The predicted molar refractivity (Wildman–Crippen MR) is 117 cm³/mol. The van der Waals surface area contributed by atoms with Crippen molar-refractivity contribution >= 4 is 49.3 Å². The zero-order chi connectivity index (χ0) is 19.8. The number of fused-ring (bicyclic) bond motifs is 3. The molecule has 0 spiro atoms. The van der Waals surface area contributed by atoms with Gasteiger partial charge in [0.2, 0.25) is 0 Å². The van der Waals surface area contributed by atoms with Gasteiger partial charge in [-0.1, -0.05) is 39.4 Å². The molecule has 0 unspecified atom stereocenters. The van der Waals surface area contributed by atoms with Crippen LogP contribution in [0.15, 0.2) is 45.7 Å². The molecule has 2 heterocycles. The Bertz CT molecular complexity index is 1280. The van der Waals surface area contributed by atoms with Crippen LogP contribution in [0.2, 0.25) is 0 Å². The lowest BCUT2D eigenvalue weighted by atomic mass is 10.2. The van der Waals surface area contributed by atoms with Gasteiger partial charge in [0.25, 0.3) is 5.56 Å². The Morgan fingerprint density at radius 2 is 2.04 bits per heavy atom. The third-order valence-corrected chi connectivity index (χ3v) is 5.81. The van der Waals surface area contributed by atoms with Gasteiger partial charge in [0.05, 0.1) is 28.3 Å². The van der Waals surface area contributed by atoms with E-state index in [4.69, 9.17) is 9.47 Å². The Kier molecular flexibility index (Phi) is 5.12. The molecule has 0 aliphatic carbocycles. The van der Waals surface area contributed by atoms with E-state index in [0.717, 1.165) is 21.1 Å². The highest BCUT2D eigenvalue weighted by Crippen LogP contribution is 2.35. The minimum atomic E-state index is -0.0685. The van der Waals surface area contributed by atoms with Crippen molar-refractivity contribution in [3.05, 3.63) is 61.3 Å². The second-order valence-corrected chi connectivity index (χ2v) is 8.42. The third kappa shape index (κ3) is 3.40. The SMILES string of the molecule is CCOc1cc(/C=c2\sc3nc4ccccc4n3c2=O)c(Br)cc1OC(C)C. The molecule has 0 saturated carbocycles. The van der Waals surface area contributed by atoms with Crippen molar-refractivity contribution in [2.24, 2.45) is 0 Å². The number of hydrogen-bond donors (Lipinski definition) is 0. The zero-order valence-corrected chi connectivity index (χ0v) is 18.1. The number of rotatable bonds is 5. The number of hydrogen-bond acceptors (Lipinski definition) is 5. The Hall–Kier alpha value is -2.38. The summed E-state index contributed by atoms with van der Waals surface area (Å²) >= 11 is 4.97. The van der Waals surface area contributed by atoms with Crippen molar-refractivity contribution in [2.45, 2.75) is 26.9 Å². The van der Waals surface area contributed by atoms with Crippen molar-refractivity contribution in [1.82, 2.24) is 9.38 Å². The van der Waals surface area contributed by atoms with Crippen LogP contribution in [-0.2, 0) is 0 Å². The first-order valence-corrected chi connectivity index (χ1v) is 10.6. The fourth-order valence-electron chi connectivity index (χ4n) is 3.03. The first-order valence-electron chi connectivity index (χ1n) is 9.02. The highest BCUT2D eigenvalue weighted by Gasteiger charge is 2.14. The lowest BCUT2D eigenvalue weighted by molar-refractivity contribution is 0.223. The fourth-order valence-corrected chi connectivity index (χ4v) is 4.44. The van der Waals surface area contributed by atoms with Crippen LogP contribution >= 0.6 is 27.3 Å². The molecule has 0 bridgehead atoms. The maximum atomic E-state index is 13.0. The second kappa shape index (κ2) is 7.56. The van der Waals surface area contributed by atoms with E-state index in [1.807, 2.05) is 63.2 Å². The second-order valence-electron chi connectivity index (χ2n) is 6.55. The van der Waals surface area contributed by atoms with Gasteiger partial charge in [-0.05, 0) is 56.7 Å². The average Bonchev–Trinajstić information content (AvgIpc) is 3.15. The van der Waals surface area contributed by atoms with E-state index in [1.54, 1.807) is 4.40 Å². The van der Waals surface area contributed by atoms with Crippen molar-refractivity contribution in [2.75, 3.05) is 6.61 Å². The van der Waals surface area contributed by atoms with Crippen LogP contribution in [0.1, 0.15) is 26.3 Å². The molecule has 2 aromatic heterocycles. The topological polar surface area (TPSA) is 52.8 Å². The molecule has 28 heavy (non-hydrogen) atoms. The molecule has 0 fully saturated rings. The van der Waals surface area contributed by atoms with E-state index < -0.39 is 0 Å². The quantitative estimate of drug-likeness (QED) is 0.444. The fraction of sp³-hybridized carbons (Fsp3) is 0.238. The Labute approximate surface area is 174 Å². The van der Waals surface area contributed by atoms with Crippen molar-refractivity contribution < 1.29 is 9.47 Å². The molecule has 0 amide bonds. The molecule has 0 N–H and O–H groups in total. The number of aromatic nitrogens is 2. The standard InChI is InChI=1S/C21H19BrN2O3S/c1-4-26-17-9-13(14(22)11-18(17)27-12(2)3)10-19-20(25)24-16-8-6-5-7-15(16)23-21(24)28-19/h5-12H,4H2,1-3H3/b19-10-. The molecule has 5 nitrogen and oxygen atoms in total. The zero-order valence-electron chi connectivity index (χ0n) is 15.7. The predicted octanol–water partition coefficient (Wildman–Crippen LogP) is 4.41. The summed E-state index contributed by atoms with van der Waals surface area (Å²) in [7, 11) is 0. The van der Waals surface area contributed by atoms with E-state index >= 15 is 0 Å². The van der Waals surface area contributed by atoms with E-state index in [1.165, 1.54) is 11.3 Å². The summed E-state index contributed by atoms with van der Waals surface area (Å²) in [4.78, 5) is 18.2. The van der Waals surface area contributed by atoms with Crippen LogP contribution in [0.3, 0.4) is 0 Å². The molecule has 4 aromatic rings. The summed E-state index contributed by atoms with van der Waals surface area (Å²) < 4.78 is 14.7. The van der Waals surface area contributed by atoms with E-state index in [0.29, 0.717) is 27.6 Å². The minimum absolute atomic E-state index is 0.0348. The minimum Gasteiger partial charge on any atom is -0.490 e. The molecule has 2 aromatic carbocycles. The summed E-state index contributed by atoms with van der Waals surface area (Å²) in [6.07, 6.45) is 1.90. The van der Waals surface area contributed by atoms with Crippen LogP contribution in [0.5, 0.6) is 11.5 Å². The molecule has 0 aliphatic rings. The van der Waals surface area contributed by atoms with Crippen LogP contribution in [-0.4, -0.2) is 22.1 Å². The van der Waals surface area contributed by atoms with Gasteiger partial charge in [-0.3, -0.25) is 4.79 Å². The molecule has 0 radical (unpaired) electrons. The number of imidazole rings is 1. The largest absolute Gasteiger partial charge is 0.490 e. The van der Waals surface area contributed by atoms with Gasteiger partial charge in [-0.15, -0.1) is 0 Å². The van der Waals surface area contributed by atoms with Gasteiger partial charge >= 0.3 is 0 Å². The maximum absolute atomic E-state index is 13.0. The third-order valence-electron chi connectivity index (χ3n) is 4.16. The monoisotopic (exact) mass is 458 g/mol. The molecular formula is C21H19BrN2O3S. The number of benzene rings is 2. The maximum Gasteiger partial charge on any atom is 0.274 e. The highest BCUT2D eigenvalue weighted by atomic mass is 79.9. The summed E-state index contributed by atoms with van der Waals surface area (Å²) in [5.41, 5.74) is 2.44. The number of ether oxygens (including phenoxy) is 2. The normalized spacial score (nSPS) is 12.4. The molecule has 7 heteroatoms. The van der Waals surface area contributed by atoms with Crippen LogP contribution in [0, 0.1) is 0 Å². The first-order chi connectivity index (χ1) is 13.5. The summed E-state index contributed by atoms with van der Waals surface area (Å²) in [6.45, 7) is 6.40. The Balaban J connectivity index is 1.87. The lowest BCUT2D eigenvalue weighted by Gasteiger charge is -2.16. The van der Waals surface area contributed by atoms with Gasteiger partial charge < -0.3 is 9.47 Å². The molecule has 0 saturated heterocycles. The van der Waals surface area contributed by atoms with Crippen molar-refractivity contribution in [3.8, 4) is 11.5 Å². The molecule has 4 rings (SSSR count). The Morgan fingerprint density at radius 1 is 1.25 bits per heavy atom. The van der Waals surface area contributed by atoms with Crippen molar-refractivity contribution in [1.29, 1.82) is 0 Å². The van der Waals surface area contributed by atoms with Crippen LogP contribution in [0.25, 0.3) is 22.1 Å². The van der Waals surface area contributed by atoms with Gasteiger partial charge in [0.1, 0.15) is 0 Å².